The molecular formula is C12H8BrClFN3O. The first-order valence-electron chi connectivity index (χ1n) is 5.25. The Morgan fingerprint density at radius 1 is 1.42 bits per heavy atom. The van der Waals surface area contributed by atoms with Crippen LogP contribution in [0.1, 0.15) is 15.9 Å². The summed E-state index contributed by atoms with van der Waals surface area (Å²) in [5.41, 5.74) is 0.598. The second kappa shape index (κ2) is 6.08. The monoisotopic (exact) mass is 343 g/mol. The highest BCUT2D eigenvalue weighted by Gasteiger charge is 2.10. The van der Waals surface area contributed by atoms with Crippen molar-refractivity contribution in [3.05, 3.63) is 51.1 Å². The van der Waals surface area contributed by atoms with E-state index < -0.39 is 0 Å². The molecule has 0 saturated heterocycles. The maximum atomic E-state index is 13.5. The highest BCUT2D eigenvalue weighted by Crippen LogP contribution is 2.20. The molecule has 2 aromatic rings. The van der Waals surface area contributed by atoms with Gasteiger partial charge in [0, 0.05) is 16.6 Å². The van der Waals surface area contributed by atoms with Gasteiger partial charge in [-0.25, -0.2) is 14.4 Å². The zero-order valence-corrected chi connectivity index (χ0v) is 11.9. The maximum Gasteiger partial charge on any atom is 0.156 e. The van der Waals surface area contributed by atoms with Gasteiger partial charge in [0.25, 0.3) is 0 Å². The molecule has 98 valence electrons. The average molecular weight is 345 g/mol. The molecule has 0 fully saturated rings. The summed E-state index contributed by atoms with van der Waals surface area (Å²) in [5, 5.41) is 2.92. The average Bonchev–Trinajstić information content (AvgIpc) is 2.40. The van der Waals surface area contributed by atoms with Crippen molar-refractivity contribution in [3.63, 3.8) is 0 Å². The standard InChI is InChI=1S/C12H8BrClFN3O/c13-8-1-2-10(15)7(3-8)4-16-12-9(5-19)11(14)17-6-18-12/h1-3,5-6H,4H2,(H,16,17,18). The number of hydrogen-bond donors (Lipinski definition) is 1. The second-order valence-electron chi connectivity index (χ2n) is 3.63. The van der Waals surface area contributed by atoms with Gasteiger partial charge in [-0.2, -0.15) is 0 Å². The van der Waals surface area contributed by atoms with Gasteiger partial charge in [-0.1, -0.05) is 27.5 Å². The highest BCUT2D eigenvalue weighted by atomic mass is 79.9. The van der Waals surface area contributed by atoms with Gasteiger partial charge in [0.1, 0.15) is 23.1 Å². The highest BCUT2D eigenvalue weighted by molar-refractivity contribution is 9.10. The van der Waals surface area contributed by atoms with Gasteiger partial charge < -0.3 is 5.32 Å². The number of carbonyl (C=O) groups is 1. The fourth-order valence-corrected chi connectivity index (χ4v) is 2.06. The first-order chi connectivity index (χ1) is 9.11. The third-order valence-corrected chi connectivity index (χ3v) is 3.20. The molecule has 0 atom stereocenters. The number of nitrogens with one attached hydrogen (secondary N) is 1. The van der Waals surface area contributed by atoms with Crippen LogP contribution in [-0.2, 0) is 6.54 Å². The van der Waals surface area contributed by atoms with Crippen LogP contribution in [0.3, 0.4) is 0 Å². The zero-order chi connectivity index (χ0) is 13.8. The molecular weight excluding hydrogens is 337 g/mol. The molecule has 0 amide bonds. The molecule has 1 heterocycles. The molecule has 1 aromatic heterocycles. The molecule has 4 nitrogen and oxygen atoms in total. The van der Waals surface area contributed by atoms with E-state index >= 15 is 0 Å². The van der Waals surface area contributed by atoms with E-state index in [1.54, 1.807) is 12.1 Å². The van der Waals surface area contributed by atoms with E-state index in [9.17, 15) is 9.18 Å². The van der Waals surface area contributed by atoms with Crippen molar-refractivity contribution < 1.29 is 9.18 Å². The molecule has 0 unspecified atom stereocenters. The van der Waals surface area contributed by atoms with Crippen molar-refractivity contribution in [1.82, 2.24) is 9.97 Å². The van der Waals surface area contributed by atoms with Gasteiger partial charge in [-0.15, -0.1) is 0 Å². The van der Waals surface area contributed by atoms with E-state index in [4.69, 9.17) is 11.6 Å². The minimum atomic E-state index is -0.344. The summed E-state index contributed by atoms with van der Waals surface area (Å²) in [7, 11) is 0. The Morgan fingerprint density at radius 2 is 2.21 bits per heavy atom. The van der Waals surface area contributed by atoms with Gasteiger partial charge in [0.05, 0.1) is 5.56 Å². The summed E-state index contributed by atoms with van der Waals surface area (Å²) in [6.45, 7) is 0.180. The Hall–Kier alpha value is -1.53. The first kappa shape index (κ1) is 13.9. The number of benzene rings is 1. The molecule has 0 spiro atoms. The van der Waals surface area contributed by atoms with Gasteiger partial charge in [-0.3, -0.25) is 4.79 Å². The van der Waals surface area contributed by atoms with Crippen LogP contribution in [0.25, 0.3) is 0 Å². The van der Waals surface area contributed by atoms with E-state index in [2.05, 4.69) is 31.2 Å². The number of nitrogens with zero attached hydrogens (tertiary/aromatic N) is 2. The topological polar surface area (TPSA) is 54.9 Å². The fraction of sp³-hybridized carbons (Fsp3) is 0.0833. The molecule has 1 aromatic carbocycles. The number of rotatable bonds is 4. The van der Waals surface area contributed by atoms with Gasteiger partial charge in [0.2, 0.25) is 0 Å². The molecule has 0 saturated carbocycles. The number of aromatic nitrogens is 2. The van der Waals surface area contributed by atoms with Crippen molar-refractivity contribution in [3.8, 4) is 0 Å². The van der Waals surface area contributed by atoms with Crippen LogP contribution < -0.4 is 5.32 Å². The number of hydrogen-bond acceptors (Lipinski definition) is 4. The quantitative estimate of drug-likeness (QED) is 0.682. The largest absolute Gasteiger partial charge is 0.365 e. The molecule has 19 heavy (non-hydrogen) atoms. The summed E-state index contributed by atoms with van der Waals surface area (Å²) in [6.07, 6.45) is 1.79. The van der Waals surface area contributed by atoms with E-state index in [0.29, 0.717) is 11.8 Å². The molecule has 0 aliphatic heterocycles. The molecule has 7 heteroatoms. The number of halogens is 3. The third kappa shape index (κ3) is 3.27. The minimum absolute atomic E-state index is 0.0576. The fourth-order valence-electron chi connectivity index (χ4n) is 1.48. The van der Waals surface area contributed by atoms with E-state index in [0.717, 1.165) is 4.47 Å². The molecule has 0 radical (unpaired) electrons. The number of aldehydes is 1. The molecule has 1 N–H and O–H groups in total. The smallest absolute Gasteiger partial charge is 0.156 e. The SMILES string of the molecule is O=Cc1c(Cl)ncnc1NCc1cc(Br)ccc1F. The first-order valence-corrected chi connectivity index (χ1v) is 6.42. The van der Waals surface area contributed by atoms with E-state index in [1.807, 2.05) is 0 Å². The summed E-state index contributed by atoms with van der Waals surface area (Å²) < 4.78 is 14.3. The normalized spacial score (nSPS) is 10.3. The van der Waals surface area contributed by atoms with Crippen molar-refractivity contribution in [2.24, 2.45) is 0 Å². The Balaban J connectivity index is 2.21. The van der Waals surface area contributed by atoms with E-state index in [-0.39, 0.29) is 28.9 Å². The zero-order valence-electron chi connectivity index (χ0n) is 9.53. The minimum Gasteiger partial charge on any atom is -0.365 e. The van der Waals surface area contributed by atoms with Crippen LogP contribution in [0, 0.1) is 5.82 Å². The van der Waals surface area contributed by atoms with Crippen LogP contribution in [-0.4, -0.2) is 16.3 Å². The van der Waals surface area contributed by atoms with Crippen LogP contribution >= 0.6 is 27.5 Å². The molecule has 0 aliphatic rings. The second-order valence-corrected chi connectivity index (χ2v) is 4.91. The van der Waals surface area contributed by atoms with Crippen molar-refractivity contribution in [1.29, 1.82) is 0 Å². The van der Waals surface area contributed by atoms with Crippen LogP contribution in [0.5, 0.6) is 0 Å². The van der Waals surface area contributed by atoms with Crippen molar-refractivity contribution in [2.45, 2.75) is 6.54 Å². The maximum absolute atomic E-state index is 13.5. The van der Waals surface area contributed by atoms with Crippen molar-refractivity contribution >= 4 is 39.6 Å². The van der Waals surface area contributed by atoms with Gasteiger partial charge in [-0.05, 0) is 18.2 Å². The predicted octanol–water partition coefficient (Wildman–Crippen LogP) is 3.46. The lowest BCUT2D eigenvalue weighted by Gasteiger charge is -2.09. The Bertz CT molecular complexity index is 624. The van der Waals surface area contributed by atoms with Crippen LogP contribution in [0.4, 0.5) is 10.2 Å². The Labute approximate surface area is 122 Å². The molecule has 2 rings (SSSR count). The summed E-state index contributed by atoms with van der Waals surface area (Å²) in [5.74, 6) is -0.0714. The summed E-state index contributed by atoms with van der Waals surface area (Å²) in [4.78, 5) is 18.5. The molecule has 0 bridgehead atoms. The third-order valence-electron chi connectivity index (χ3n) is 2.41. The Morgan fingerprint density at radius 3 is 2.95 bits per heavy atom. The van der Waals surface area contributed by atoms with Crippen LogP contribution in [0.15, 0.2) is 29.0 Å². The van der Waals surface area contributed by atoms with Gasteiger partial charge >= 0.3 is 0 Å². The number of anilines is 1. The lowest BCUT2D eigenvalue weighted by molar-refractivity contribution is 0.112. The summed E-state index contributed by atoms with van der Waals surface area (Å²) >= 11 is 9.03. The predicted molar refractivity (Wildman–Crippen MR) is 73.9 cm³/mol. The van der Waals surface area contributed by atoms with Crippen molar-refractivity contribution in [2.75, 3.05) is 5.32 Å². The lowest BCUT2D eigenvalue weighted by atomic mass is 10.2. The van der Waals surface area contributed by atoms with Gasteiger partial charge in [0.15, 0.2) is 6.29 Å². The molecule has 0 aliphatic carbocycles. The Kier molecular flexibility index (Phi) is 4.44. The lowest BCUT2D eigenvalue weighted by Crippen LogP contribution is -2.07. The van der Waals surface area contributed by atoms with Crippen LogP contribution in [0.2, 0.25) is 5.15 Å². The summed E-state index contributed by atoms with van der Waals surface area (Å²) in [6, 6.07) is 4.61. The van der Waals surface area contributed by atoms with E-state index in [1.165, 1.54) is 12.4 Å². The number of carbonyl (C=O) groups excluding carboxylic acids is 1.